The van der Waals surface area contributed by atoms with Gasteiger partial charge in [-0.05, 0) is 32.2 Å². The van der Waals surface area contributed by atoms with Crippen molar-refractivity contribution >= 4 is 0 Å². The first kappa shape index (κ1) is 11.9. The highest BCUT2D eigenvalue weighted by atomic mass is 16.7. The number of ether oxygens (including phenoxy) is 2. The van der Waals surface area contributed by atoms with E-state index in [-0.39, 0.29) is 11.9 Å². The highest BCUT2D eigenvalue weighted by molar-refractivity contribution is 4.91. The predicted molar refractivity (Wildman–Crippen MR) is 66.8 cm³/mol. The summed E-state index contributed by atoms with van der Waals surface area (Å²) >= 11 is 0. The van der Waals surface area contributed by atoms with Gasteiger partial charge in [0.05, 0.1) is 12.7 Å². The summed E-state index contributed by atoms with van der Waals surface area (Å²) in [6.07, 6.45) is 9.12. The number of nitrogens with one attached hydrogen (secondary N) is 1. The van der Waals surface area contributed by atoms with Crippen LogP contribution in [0.5, 0.6) is 0 Å². The van der Waals surface area contributed by atoms with Crippen molar-refractivity contribution in [3.63, 3.8) is 0 Å². The molecule has 0 amide bonds. The molecular formula is C14H25NO2. The van der Waals surface area contributed by atoms with Gasteiger partial charge in [-0.1, -0.05) is 19.8 Å². The largest absolute Gasteiger partial charge is 0.347 e. The molecule has 3 fully saturated rings. The van der Waals surface area contributed by atoms with Gasteiger partial charge in [0.1, 0.15) is 0 Å². The van der Waals surface area contributed by atoms with Crippen LogP contribution in [0.1, 0.15) is 51.9 Å². The first-order chi connectivity index (χ1) is 8.30. The van der Waals surface area contributed by atoms with Gasteiger partial charge in [-0.25, -0.2) is 0 Å². The lowest BCUT2D eigenvalue weighted by atomic mass is 9.84. The van der Waals surface area contributed by atoms with E-state index in [1.807, 2.05) is 0 Å². The van der Waals surface area contributed by atoms with Gasteiger partial charge in [0.25, 0.3) is 0 Å². The summed E-state index contributed by atoms with van der Waals surface area (Å²) in [5, 5.41) is 3.59. The van der Waals surface area contributed by atoms with Crippen molar-refractivity contribution in [2.45, 2.75) is 69.8 Å². The third-order valence-electron chi connectivity index (χ3n) is 4.80. The van der Waals surface area contributed by atoms with Crippen molar-refractivity contribution in [2.24, 2.45) is 5.92 Å². The Kier molecular flexibility index (Phi) is 3.42. The van der Waals surface area contributed by atoms with E-state index in [1.165, 1.54) is 38.5 Å². The number of hydrogen-bond acceptors (Lipinski definition) is 3. The molecule has 1 aliphatic carbocycles. The smallest absolute Gasteiger partial charge is 0.171 e. The molecule has 2 saturated heterocycles. The molecule has 1 spiro atoms. The Labute approximate surface area is 104 Å². The molecule has 1 N–H and O–H groups in total. The fraction of sp³-hybridized carbons (Fsp3) is 1.00. The molecule has 0 aromatic rings. The Morgan fingerprint density at radius 1 is 1.12 bits per heavy atom. The molecule has 1 saturated carbocycles. The maximum Gasteiger partial charge on any atom is 0.171 e. The minimum absolute atomic E-state index is 0.234. The zero-order valence-electron chi connectivity index (χ0n) is 10.9. The monoisotopic (exact) mass is 239 g/mol. The lowest BCUT2D eigenvalue weighted by Gasteiger charge is -2.38. The molecule has 3 nitrogen and oxygen atoms in total. The van der Waals surface area contributed by atoms with Gasteiger partial charge in [-0.15, -0.1) is 0 Å². The van der Waals surface area contributed by atoms with E-state index in [0.29, 0.717) is 12.0 Å². The molecule has 0 radical (unpaired) electrons. The molecule has 4 unspecified atom stereocenters. The first-order valence-electron chi connectivity index (χ1n) is 7.35. The topological polar surface area (TPSA) is 30.5 Å². The van der Waals surface area contributed by atoms with Gasteiger partial charge >= 0.3 is 0 Å². The summed E-state index contributed by atoms with van der Waals surface area (Å²) in [5.74, 6) is 0.326. The maximum atomic E-state index is 6.36. The summed E-state index contributed by atoms with van der Waals surface area (Å²) < 4.78 is 12.5. The standard InChI is InChI=1S/C14H25NO2/c1-11-6-2-4-8-14(11)16-10-13(17-14)12-7-3-5-9-15-12/h11-13,15H,2-10H2,1H3. The van der Waals surface area contributed by atoms with Gasteiger partial charge in [0.15, 0.2) is 5.79 Å². The Hall–Kier alpha value is -0.120. The Morgan fingerprint density at radius 2 is 2.00 bits per heavy atom. The number of hydrogen-bond donors (Lipinski definition) is 1. The van der Waals surface area contributed by atoms with Gasteiger partial charge < -0.3 is 14.8 Å². The van der Waals surface area contributed by atoms with Crippen LogP contribution in [0.25, 0.3) is 0 Å². The molecule has 0 bridgehead atoms. The highest BCUT2D eigenvalue weighted by Gasteiger charge is 2.48. The van der Waals surface area contributed by atoms with Crippen molar-refractivity contribution in [1.29, 1.82) is 0 Å². The van der Waals surface area contributed by atoms with Gasteiger partial charge in [0, 0.05) is 18.4 Å². The molecular weight excluding hydrogens is 214 g/mol. The van der Waals surface area contributed by atoms with Crippen LogP contribution in [0, 0.1) is 5.92 Å². The number of rotatable bonds is 1. The molecule has 0 aromatic heterocycles. The molecule has 98 valence electrons. The Morgan fingerprint density at radius 3 is 2.76 bits per heavy atom. The summed E-state index contributed by atoms with van der Waals surface area (Å²) in [6.45, 7) is 4.23. The van der Waals surface area contributed by atoms with Crippen molar-refractivity contribution in [3.05, 3.63) is 0 Å². The van der Waals surface area contributed by atoms with Crippen molar-refractivity contribution < 1.29 is 9.47 Å². The van der Waals surface area contributed by atoms with Gasteiger partial charge in [0.2, 0.25) is 0 Å². The van der Waals surface area contributed by atoms with E-state index in [9.17, 15) is 0 Å². The fourth-order valence-electron chi connectivity index (χ4n) is 3.62. The summed E-state index contributed by atoms with van der Waals surface area (Å²) in [7, 11) is 0. The second-order valence-corrected chi connectivity index (χ2v) is 5.98. The normalized spacial score (nSPS) is 47.5. The van der Waals surface area contributed by atoms with Crippen LogP contribution in [0.2, 0.25) is 0 Å². The Balaban J connectivity index is 1.63. The van der Waals surface area contributed by atoms with E-state index in [0.717, 1.165) is 19.6 Å². The second-order valence-electron chi connectivity index (χ2n) is 5.98. The molecule has 3 heteroatoms. The first-order valence-corrected chi connectivity index (χ1v) is 7.35. The van der Waals surface area contributed by atoms with Crippen LogP contribution in [0.4, 0.5) is 0 Å². The molecule has 17 heavy (non-hydrogen) atoms. The average Bonchev–Trinajstić information content (AvgIpc) is 2.80. The van der Waals surface area contributed by atoms with E-state index < -0.39 is 0 Å². The SMILES string of the molecule is CC1CCCCC12OCC(C1CCCCN1)O2. The van der Waals surface area contributed by atoms with Crippen molar-refractivity contribution in [3.8, 4) is 0 Å². The fourth-order valence-corrected chi connectivity index (χ4v) is 3.62. The van der Waals surface area contributed by atoms with Crippen LogP contribution in [0.15, 0.2) is 0 Å². The predicted octanol–water partition coefficient (Wildman–Crippen LogP) is 2.45. The van der Waals surface area contributed by atoms with Crippen LogP contribution in [0.3, 0.4) is 0 Å². The summed E-state index contributed by atoms with van der Waals surface area (Å²) in [5.41, 5.74) is 0. The van der Waals surface area contributed by atoms with Gasteiger partial charge in [-0.3, -0.25) is 0 Å². The third kappa shape index (κ3) is 2.25. The zero-order chi connectivity index (χ0) is 11.7. The lowest BCUT2D eigenvalue weighted by Crippen LogP contribution is -2.47. The van der Waals surface area contributed by atoms with Crippen molar-refractivity contribution in [2.75, 3.05) is 13.2 Å². The molecule has 0 aromatic carbocycles. The third-order valence-corrected chi connectivity index (χ3v) is 4.80. The average molecular weight is 239 g/mol. The van der Waals surface area contributed by atoms with E-state index >= 15 is 0 Å². The molecule has 2 aliphatic heterocycles. The molecule has 3 aliphatic rings. The van der Waals surface area contributed by atoms with E-state index in [4.69, 9.17) is 9.47 Å². The zero-order valence-corrected chi connectivity index (χ0v) is 10.9. The van der Waals surface area contributed by atoms with Crippen LogP contribution in [-0.4, -0.2) is 31.1 Å². The molecule has 4 atom stereocenters. The van der Waals surface area contributed by atoms with Gasteiger partial charge in [-0.2, -0.15) is 0 Å². The minimum Gasteiger partial charge on any atom is -0.347 e. The maximum absolute atomic E-state index is 6.36. The Bertz CT molecular complexity index is 265. The number of piperidine rings is 1. The van der Waals surface area contributed by atoms with E-state index in [2.05, 4.69) is 12.2 Å². The molecule has 2 heterocycles. The lowest BCUT2D eigenvalue weighted by molar-refractivity contribution is -0.219. The second kappa shape index (κ2) is 4.87. The summed E-state index contributed by atoms with van der Waals surface area (Å²) in [6, 6.07) is 0.525. The minimum atomic E-state index is -0.234. The van der Waals surface area contributed by atoms with E-state index in [1.54, 1.807) is 0 Å². The molecule has 3 rings (SSSR count). The van der Waals surface area contributed by atoms with Crippen LogP contribution in [-0.2, 0) is 9.47 Å². The highest BCUT2D eigenvalue weighted by Crippen LogP contribution is 2.42. The van der Waals surface area contributed by atoms with Crippen LogP contribution < -0.4 is 5.32 Å². The quantitative estimate of drug-likeness (QED) is 0.762. The summed E-state index contributed by atoms with van der Waals surface area (Å²) in [4.78, 5) is 0. The van der Waals surface area contributed by atoms with Crippen LogP contribution >= 0.6 is 0 Å². The van der Waals surface area contributed by atoms with Crippen molar-refractivity contribution in [1.82, 2.24) is 5.32 Å².